The fraction of sp³-hybridized carbons (Fsp3) is 0.111. The maximum atomic E-state index is 11.2. The van der Waals surface area contributed by atoms with Crippen LogP contribution in [0.2, 0.25) is 0 Å². The molecule has 0 saturated heterocycles. The molecule has 0 saturated carbocycles. The van der Waals surface area contributed by atoms with Gasteiger partial charge in [-0.25, -0.2) is 0 Å². The Morgan fingerprint density at radius 1 is 1.38 bits per heavy atom. The lowest BCUT2D eigenvalue weighted by Crippen LogP contribution is -2.24. The van der Waals surface area contributed by atoms with Gasteiger partial charge >= 0.3 is 0 Å². The molecule has 1 rings (SSSR count). The van der Waals surface area contributed by atoms with Crippen LogP contribution in [0.1, 0.15) is 5.56 Å². The molecule has 0 heterocycles. The van der Waals surface area contributed by atoms with Crippen molar-refractivity contribution in [3.8, 4) is 0 Å². The number of nitrogens with two attached hydrogens (primary N) is 2. The van der Waals surface area contributed by atoms with Crippen LogP contribution < -0.4 is 11.5 Å². The Morgan fingerprint density at radius 3 is 2.56 bits per heavy atom. The molecule has 0 fully saturated rings. The largest absolute Gasteiger partial charge is 0.370 e. The summed E-state index contributed by atoms with van der Waals surface area (Å²) in [7, 11) is 0. The number of nitro benzene ring substituents is 1. The first kappa shape index (κ1) is 11.6. The summed E-state index contributed by atoms with van der Waals surface area (Å²) in [4.78, 5) is 24.6. The lowest BCUT2D eigenvalue weighted by Gasteiger charge is -1.99. The zero-order valence-corrected chi connectivity index (χ0v) is 8.29. The summed E-state index contributed by atoms with van der Waals surface area (Å²) in [6.45, 7) is 0. The number of guanidine groups is 1. The number of para-hydroxylation sites is 1. The van der Waals surface area contributed by atoms with Crippen LogP contribution in [0.25, 0.3) is 0 Å². The third-order valence-corrected chi connectivity index (χ3v) is 1.78. The molecule has 0 radical (unpaired) electrons. The number of hydrogen-bond acceptors (Lipinski definition) is 3. The normalized spacial score (nSPS) is 9.50. The van der Waals surface area contributed by atoms with Gasteiger partial charge in [-0.15, -0.1) is 0 Å². The summed E-state index contributed by atoms with van der Waals surface area (Å²) in [5.74, 6) is -0.974. The summed E-state index contributed by atoms with van der Waals surface area (Å²) >= 11 is 0. The van der Waals surface area contributed by atoms with Crippen LogP contribution in [0.4, 0.5) is 5.69 Å². The number of hydrogen-bond donors (Lipinski definition) is 2. The van der Waals surface area contributed by atoms with E-state index in [9.17, 15) is 14.9 Å². The maximum absolute atomic E-state index is 11.2. The highest BCUT2D eigenvalue weighted by Crippen LogP contribution is 2.18. The average Bonchev–Trinajstić information content (AvgIpc) is 2.16. The van der Waals surface area contributed by atoms with Crippen molar-refractivity contribution in [2.75, 3.05) is 0 Å². The number of amides is 1. The van der Waals surface area contributed by atoms with Gasteiger partial charge in [0.05, 0.1) is 11.3 Å². The molecule has 0 aliphatic heterocycles. The van der Waals surface area contributed by atoms with Gasteiger partial charge in [0.15, 0.2) is 5.96 Å². The van der Waals surface area contributed by atoms with Crippen molar-refractivity contribution in [3.05, 3.63) is 39.9 Å². The average molecular weight is 222 g/mol. The fourth-order valence-corrected chi connectivity index (χ4v) is 1.18. The van der Waals surface area contributed by atoms with Gasteiger partial charge in [-0.1, -0.05) is 18.2 Å². The summed E-state index contributed by atoms with van der Waals surface area (Å²) in [6.07, 6.45) is -0.199. The Hall–Kier alpha value is -2.44. The Bertz CT molecular complexity index is 452. The zero-order valence-electron chi connectivity index (χ0n) is 8.29. The van der Waals surface area contributed by atoms with Crippen molar-refractivity contribution in [1.29, 1.82) is 0 Å². The van der Waals surface area contributed by atoms with Crippen molar-refractivity contribution in [2.45, 2.75) is 6.42 Å². The Kier molecular flexibility index (Phi) is 3.54. The molecule has 7 nitrogen and oxygen atoms in total. The Morgan fingerprint density at radius 2 is 2.00 bits per heavy atom. The molecule has 0 aliphatic carbocycles. The highest BCUT2D eigenvalue weighted by Gasteiger charge is 2.14. The molecule has 0 bridgehead atoms. The minimum absolute atomic E-state index is 0.123. The third kappa shape index (κ3) is 3.05. The van der Waals surface area contributed by atoms with E-state index in [1.165, 1.54) is 18.2 Å². The molecule has 1 aromatic rings. The van der Waals surface area contributed by atoms with Crippen LogP contribution in [0.3, 0.4) is 0 Å². The summed E-state index contributed by atoms with van der Waals surface area (Å²) in [5, 5.41) is 10.6. The molecule has 7 heteroatoms. The van der Waals surface area contributed by atoms with Gasteiger partial charge in [-0.05, 0) is 0 Å². The van der Waals surface area contributed by atoms with E-state index in [0.29, 0.717) is 0 Å². The highest BCUT2D eigenvalue weighted by atomic mass is 16.6. The Balaban J connectivity index is 2.93. The topological polar surface area (TPSA) is 125 Å². The molecule has 1 amide bonds. The summed E-state index contributed by atoms with van der Waals surface area (Å²) in [6, 6.07) is 5.92. The van der Waals surface area contributed by atoms with E-state index in [2.05, 4.69) is 4.99 Å². The molecular formula is C9H10N4O3. The maximum Gasteiger partial charge on any atom is 0.273 e. The summed E-state index contributed by atoms with van der Waals surface area (Å²) in [5.41, 5.74) is 10.2. The Labute approximate surface area is 90.9 Å². The molecule has 0 unspecified atom stereocenters. The van der Waals surface area contributed by atoms with Crippen molar-refractivity contribution >= 4 is 17.6 Å². The van der Waals surface area contributed by atoms with Gasteiger partial charge < -0.3 is 11.5 Å². The molecular weight excluding hydrogens is 212 g/mol. The molecule has 0 spiro atoms. The quantitative estimate of drug-likeness (QED) is 0.320. The van der Waals surface area contributed by atoms with E-state index in [1.54, 1.807) is 6.07 Å². The predicted octanol–water partition coefficient (Wildman–Crippen LogP) is -0.0627. The minimum atomic E-state index is -0.616. The van der Waals surface area contributed by atoms with Crippen molar-refractivity contribution in [3.63, 3.8) is 0 Å². The fourth-order valence-electron chi connectivity index (χ4n) is 1.18. The van der Waals surface area contributed by atoms with E-state index in [-0.39, 0.29) is 23.6 Å². The lowest BCUT2D eigenvalue weighted by molar-refractivity contribution is -0.385. The number of rotatable bonds is 3. The zero-order chi connectivity index (χ0) is 12.1. The van der Waals surface area contributed by atoms with E-state index in [1.807, 2.05) is 0 Å². The van der Waals surface area contributed by atoms with E-state index in [0.717, 1.165) is 0 Å². The van der Waals surface area contributed by atoms with Crippen molar-refractivity contribution < 1.29 is 9.72 Å². The second-order valence-electron chi connectivity index (χ2n) is 2.99. The number of carbonyl (C=O) groups excluding carboxylic acids is 1. The second kappa shape index (κ2) is 4.87. The molecule has 1 aromatic carbocycles. The number of nitro groups is 1. The van der Waals surface area contributed by atoms with Gasteiger partial charge in [-0.2, -0.15) is 4.99 Å². The van der Waals surface area contributed by atoms with E-state index < -0.39 is 10.8 Å². The smallest absolute Gasteiger partial charge is 0.273 e. The van der Waals surface area contributed by atoms with Crippen LogP contribution in [0.5, 0.6) is 0 Å². The molecule has 4 N–H and O–H groups in total. The minimum Gasteiger partial charge on any atom is -0.370 e. The molecule has 84 valence electrons. The SMILES string of the molecule is NC(N)=NC(=O)Cc1ccccc1[N+](=O)[O-]. The number of nitrogens with zero attached hydrogens (tertiary/aromatic N) is 2. The second-order valence-corrected chi connectivity index (χ2v) is 2.99. The first-order chi connectivity index (χ1) is 7.50. The predicted molar refractivity (Wildman–Crippen MR) is 57.6 cm³/mol. The van der Waals surface area contributed by atoms with Crippen LogP contribution in [0, 0.1) is 10.1 Å². The molecule has 0 aliphatic rings. The van der Waals surface area contributed by atoms with Gasteiger partial charge in [0.25, 0.3) is 11.6 Å². The van der Waals surface area contributed by atoms with Gasteiger partial charge in [0.1, 0.15) is 0 Å². The van der Waals surface area contributed by atoms with Gasteiger partial charge in [0, 0.05) is 11.6 Å². The van der Waals surface area contributed by atoms with Crippen LogP contribution in [0.15, 0.2) is 29.3 Å². The molecule has 0 atom stereocenters. The van der Waals surface area contributed by atoms with E-state index in [4.69, 9.17) is 11.5 Å². The van der Waals surface area contributed by atoms with Crippen LogP contribution in [-0.4, -0.2) is 16.8 Å². The first-order valence-corrected chi connectivity index (χ1v) is 4.35. The van der Waals surface area contributed by atoms with E-state index >= 15 is 0 Å². The van der Waals surface area contributed by atoms with Gasteiger partial charge in [-0.3, -0.25) is 14.9 Å². The lowest BCUT2D eigenvalue weighted by atomic mass is 10.1. The van der Waals surface area contributed by atoms with Crippen LogP contribution >= 0.6 is 0 Å². The highest BCUT2D eigenvalue weighted by molar-refractivity contribution is 5.92. The van der Waals surface area contributed by atoms with Crippen molar-refractivity contribution in [1.82, 2.24) is 0 Å². The van der Waals surface area contributed by atoms with Crippen LogP contribution in [-0.2, 0) is 11.2 Å². The standard InChI is InChI=1S/C9H10N4O3/c10-9(11)12-8(14)5-6-3-1-2-4-7(6)13(15)16/h1-4H,5H2,(H4,10,11,12,14). The number of carbonyl (C=O) groups is 1. The summed E-state index contributed by atoms with van der Waals surface area (Å²) < 4.78 is 0. The monoisotopic (exact) mass is 222 g/mol. The van der Waals surface area contributed by atoms with Crippen molar-refractivity contribution in [2.24, 2.45) is 16.5 Å². The third-order valence-electron chi connectivity index (χ3n) is 1.78. The number of benzene rings is 1. The number of aliphatic imine (C=N–C) groups is 1. The van der Waals surface area contributed by atoms with Gasteiger partial charge in [0.2, 0.25) is 0 Å². The molecule has 16 heavy (non-hydrogen) atoms. The molecule has 0 aromatic heterocycles. The first-order valence-electron chi connectivity index (χ1n) is 4.35.